The molecule has 1 aromatic heterocycles. The van der Waals surface area contributed by atoms with Crippen LogP contribution in [0.2, 0.25) is 0 Å². The van der Waals surface area contributed by atoms with Gasteiger partial charge in [-0.2, -0.15) is 0 Å². The highest BCUT2D eigenvalue weighted by Crippen LogP contribution is 2.26. The summed E-state index contributed by atoms with van der Waals surface area (Å²) in [4.78, 5) is 27.4. The first-order valence-electron chi connectivity index (χ1n) is 8.33. The van der Waals surface area contributed by atoms with E-state index in [2.05, 4.69) is 5.32 Å². The number of amides is 2. The first-order valence-corrected chi connectivity index (χ1v) is 9.14. The largest absolute Gasteiger partial charge is 0.495 e. The smallest absolute Gasteiger partial charge is 0.264 e. The molecule has 0 spiro atoms. The lowest BCUT2D eigenvalue weighted by atomic mass is 10.2. The van der Waals surface area contributed by atoms with Crippen LogP contribution in [0.3, 0.4) is 0 Å². The third-order valence-corrected chi connectivity index (χ3v) is 5.12. The molecule has 1 heterocycles. The summed E-state index contributed by atoms with van der Waals surface area (Å²) in [5.74, 6) is 0.189. The standard InChI is InChI=1S/C20H20N2O3S/c1-3-22(13-19(23)21-15-9-5-6-10-16(15)25-2)20(24)18-12-14-8-4-7-11-17(14)26-18/h4-12H,3,13H2,1-2H3,(H,21,23). The lowest BCUT2D eigenvalue weighted by molar-refractivity contribution is -0.116. The van der Waals surface area contributed by atoms with Gasteiger partial charge >= 0.3 is 0 Å². The van der Waals surface area contributed by atoms with E-state index in [-0.39, 0.29) is 18.4 Å². The van der Waals surface area contributed by atoms with E-state index in [1.807, 2.05) is 49.4 Å². The van der Waals surface area contributed by atoms with Gasteiger partial charge in [0, 0.05) is 11.2 Å². The third kappa shape index (κ3) is 3.86. The molecule has 26 heavy (non-hydrogen) atoms. The molecular formula is C20H20N2O3S. The molecular weight excluding hydrogens is 348 g/mol. The fraction of sp³-hybridized carbons (Fsp3) is 0.200. The Balaban J connectivity index is 1.72. The van der Waals surface area contributed by atoms with Gasteiger partial charge in [0.15, 0.2) is 0 Å². The summed E-state index contributed by atoms with van der Waals surface area (Å²) in [6, 6.07) is 16.9. The van der Waals surface area contributed by atoms with Crippen molar-refractivity contribution in [1.82, 2.24) is 4.90 Å². The SMILES string of the molecule is CCN(CC(=O)Nc1ccccc1OC)C(=O)c1cc2ccccc2s1. The van der Waals surface area contributed by atoms with Gasteiger partial charge in [0.2, 0.25) is 5.91 Å². The Morgan fingerprint density at radius 1 is 1.12 bits per heavy atom. The van der Waals surface area contributed by atoms with E-state index < -0.39 is 0 Å². The third-order valence-electron chi connectivity index (χ3n) is 4.02. The number of carbonyl (C=O) groups excluding carboxylic acids is 2. The summed E-state index contributed by atoms with van der Waals surface area (Å²) < 4.78 is 6.29. The molecule has 3 aromatic rings. The van der Waals surface area contributed by atoms with Crippen molar-refractivity contribution in [2.45, 2.75) is 6.92 Å². The van der Waals surface area contributed by atoms with E-state index in [0.29, 0.717) is 22.9 Å². The number of ether oxygens (including phenoxy) is 1. The van der Waals surface area contributed by atoms with Gasteiger partial charge in [-0.05, 0) is 36.6 Å². The van der Waals surface area contributed by atoms with Crippen LogP contribution in [0.15, 0.2) is 54.6 Å². The Hall–Kier alpha value is -2.86. The summed E-state index contributed by atoms with van der Waals surface area (Å²) in [5, 5.41) is 3.84. The summed E-state index contributed by atoms with van der Waals surface area (Å²) in [5.41, 5.74) is 0.588. The van der Waals surface area contributed by atoms with Gasteiger partial charge in [-0.3, -0.25) is 9.59 Å². The Kier molecular flexibility index (Phi) is 5.53. The van der Waals surface area contributed by atoms with Gasteiger partial charge in [0.1, 0.15) is 12.3 Å². The first kappa shape index (κ1) is 17.9. The average Bonchev–Trinajstić information content (AvgIpc) is 3.10. The Labute approximate surface area is 156 Å². The summed E-state index contributed by atoms with van der Waals surface area (Å²) in [6.45, 7) is 2.30. The number of fused-ring (bicyclic) bond motifs is 1. The van der Waals surface area contributed by atoms with E-state index in [9.17, 15) is 9.59 Å². The van der Waals surface area contributed by atoms with Gasteiger partial charge in [-0.15, -0.1) is 11.3 Å². The van der Waals surface area contributed by atoms with Gasteiger partial charge < -0.3 is 15.0 Å². The fourth-order valence-electron chi connectivity index (χ4n) is 2.68. The number of hydrogen-bond donors (Lipinski definition) is 1. The van der Waals surface area contributed by atoms with Crippen LogP contribution in [0.4, 0.5) is 5.69 Å². The molecule has 0 fully saturated rings. The minimum Gasteiger partial charge on any atom is -0.495 e. The predicted molar refractivity (Wildman–Crippen MR) is 105 cm³/mol. The minimum atomic E-state index is -0.259. The van der Waals surface area contributed by atoms with Crippen LogP contribution in [0.25, 0.3) is 10.1 Å². The number of nitrogens with one attached hydrogen (secondary N) is 1. The number of nitrogens with zero attached hydrogens (tertiary/aromatic N) is 1. The molecule has 0 saturated heterocycles. The van der Waals surface area contributed by atoms with Crippen LogP contribution in [-0.4, -0.2) is 36.9 Å². The number of para-hydroxylation sites is 2. The molecule has 3 rings (SSSR count). The molecule has 0 aliphatic rings. The predicted octanol–water partition coefficient (Wildman–Crippen LogP) is 4.01. The maximum absolute atomic E-state index is 12.8. The second-order valence-corrected chi connectivity index (χ2v) is 6.80. The topological polar surface area (TPSA) is 58.6 Å². The number of anilines is 1. The lowest BCUT2D eigenvalue weighted by Gasteiger charge is -2.20. The number of methoxy groups -OCH3 is 1. The van der Waals surface area contributed by atoms with E-state index in [1.165, 1.54) is 16.2 Å². The number of likely N-dealkylation sites (N-methyl/N-ethyl adjacent to an activating group) is 1. The number of hydrogen-bond acceptors (Lipinski definition) is 4. The zero-order chi connectivity index (χ0) is 18.5. The number of thiophene rings is 1. The maximum atomic E-state index is 12.8. The van der Waals surface area contributed by atoms with Crippen molar-refractivity contribution < 1.29 is 14.3 Å². The molecule has 1 N–H and O–H groups in total. The van der Waals surface area contributed by atoms with Gasteiger partial charge in [0.25, 0.3) is 5.91 Å². The van der Waals surface area contributed by atoms with Crippen LogP contribution in [0.5, 0.6) is 5.75 Å². The molecule has 0 saturated carbocycles. The van der Waals surface area contributed by atoms with E-state index >= 15 is 0 Å². The molecule has 0 aliphatic heterocycles. The zero-order valence-corrected chi connectivity index (χ0v) is 15.5. The summed E-state index contributed by atoms with van der Waals surface area (Å²) in [7, 11) is 1.55. The highest BCUT2D eigenvalue weighted by molar-refractivity contribution is 7.20. The second-order valence-electron chi connectivity index (χ2n) is 5.72. The molecule has 5 nitrogen and oxygen atoms in total. The highest BCUT2D eigenvalue weighted by atomic mass is 32.1. The molecule has 134 valence electrons. The minimum absolute atomic E-state index is 0.0123. The fourth-order valence-corrected chi connectivity index (χ4v) is 3.71. The van der Waals surface area contributed by atoms with Crippen molar-refractivity contribution in [3.63, 3.8) is 0 Å². The molecule has 2 aromatic carbocycles. The van der Waals surface area contributed by atoms with Crippen LogP contribution in [-0.2, 0) is 4.79 Å². The van der Waals surface area contributed by atoms with E-state index in [0.717, 1.165) is 10.1 Å². The number of benzene rings is 2. The summed E-state index contributed by atoms with van der Waals surface area (Å²) >= 11 is 1.44. The van der Waals surface area contributed by atoms with Crippen molar-refractivity contribution in [2.24, 2.45) is 0 Å². The molecule has 0 aliphatic carbocycles. The molecule has 6 heteroatoms. The quantitative estimate of drug-likeness (QED) is 0.715. The normalized spacial score (nSPS) is 10.5. The van der Waals surface area contributed by atoms with E-state index in [1.54, 1.807) is 19.2 Å². The highest BCUT2D eigenvalue weighted by Gasteiger charge is 2.20. The van der Waals surface area contributed by atoms with Crippen molar-refractivity contribution in [3.8, 4) is 5.75 Å². The van der Waals surface area contributed by atoms with Gasteiger partial charge in [-0.25, -0.2) is 0 Å². The molecule has 2 amide bonds. The van der Waals surface area contributed by atoms with Crippen molar-refractivity contribution in [1.29, 1.82) is 0 Å². The molecule has 0 radical (unpaired) electrons. The van der Waals surface area contributed by atoms with Crippen LogP contribution in [0.1, 0.15) is 16.6 Å². The monoisotopic (exact) mass is 368 g/mol. The Bertz CT molecular complexity index is 902. The summed E-state index contributed by atoms with van der Waals surface area (Å²) in [6.07, 6.45) is 0. The molecule has 0 unspecified atom stereocenters. The van der Waals surface area contributed by atoms with Crippen LogP contribution < -0.4 is 10.1 Å². The average molecular weight is 368 g/mol. The van der Waals surface area contributed by atoms with Gasteiger partial charge in [-0.1, -0.05) is 30.3 Å². The van der Waals surface area contributed by atoms with Crippen LogP contribution in [0, 0.1) is 0 Å². The lowest BCUT2D eigenvalue weighted by Crippen LogP contribution is -2.37. The van der Waals surface area contributed by atoms with Crippen molar-refractivity contribution in [2.75, 3.05) is 25.5 Å². The Morgan fingerprint density at radius 2 is 1.85 bits per heavy atom. The van der Waals surface area contributed by atoms with Crippen molar-refractivity contribution >= 4 is 38.9 Å². The number of carbonyl (C=O) groups is 2. The molecule has 0 bridgehead atoms. The first-order chi connectivity index (χ1) is 12.6. The Morgan fingerprint density at radius 3 is 2.58 bits per heavy atom. The van der Waals surface area contributed by atoms with Crippen LogP contribution >= 0.6 is 11.3 Å². The second kappa shape index (κ2) is 8.01. The van der Waals surface area contributed by atoms with Crippen molar-refractivity contribution in [3.05, 3.63) is 59.5 Å². The number of rotatable bonds is 6. The van der Waals surface area contributed by atoms with E-state index in [4.69, 9.17) is 4.74 Å². The maximum Gasteiger partial charge on any atom is 0.264 e. The zero-order valence-electron chi connectivity index (χ0n) is 14.7. The molecule has 0 atom stereocenters. The van der Waals surface area contributed by atoms with Gasteiger partial charge in [0.05, 0.1) is 17.7 Å².